The third-order valence-electron chi connectivity index (χ3n) is 13.0. The normalized spacial score (nSPS) is 14.9. The van der Waals surface area contributed by atoms with Crippen LogP contribution >= 0.6 is 0 Å². The summed E-state index contributed by atoms with van der Waals surface area (Å²) >= 11 is 0. The molecule has 11 rings (SSSR count). The van der Waals surface area contributed by atoms with Gasteiger partial charge in [-0.1, -0.05) is 186 Å². The second kappa shape index (κ2) is 24.4. The quantitative estimate of drug-likeness (QED) is 0.107. The van der Waals surface area contributed by atoms with Gasteiger partial charge >= 0.3 is 0 Å². The summed E-state index contributed by atoms with van der Waals surface area (Å²) in [5.74, 6) is 0.952. The number of aromatic nitrogens is 3. The Morgan fingerprint density at radius 2 is 1.37 bits per heavy atom. The van der Waals surface area contributed by atoms with Crippen molar-refractivity contribution in [1.29, 1.82) is 0 Å². The second-order valence-electron chi connectivity index (χ2n) is 17.2. The highest BCUT2D eigenvalue weighted by molar-refractivity contribution is 6.08. The Morgan fingerprint density at radius 1 is 0.658 bits per heavy atom. The lowest BCUT2D eigenvalue weighted by atomic mass is 9.99. The first-order valence-corrected chi connectivity index (χ1v) is 25.7. The van der Waals surface area contributed by atoms with E-state index in [9.17, 15) is 0 Å². The molecule has 2 aromatic heterocycles. The number of anilines is 2. The van der Waals surface area contributed by atoms with E-state index in [0.717, 1.165) is 105 Å². The molecule has 8 aromatic rings. The van der Waals surface area contributed by atoms with E-state index in [4.69, 9.17) is 9.98 Å². The zero-order valence-electron chi connectivity index (χ0n) is 42.9. The summed E-state index contributed by atoms with van der Waals surface area (Å²) in [6.07, 6.45) is 37.7. The van der Waals surface area contributed by atoms with E-state index in [1.807, 2.05) is 40.7 Å². The van der Waals surface area contributed by atoms with Gasteiger partial charge in [-0.15, -0.1) is 12.8 Å². The lowest BCUT2D eigenvalue weighted by molar-refractivity contribution is 0.860. The zero-order chi connectivity index (χ0) is 51.1. The van der Waals surface area contributed by atoms with Crippen LogP contribution in [0.25, 0.3) is 56.4 Å². The van der Waals surface area contributed by atoms with Crippen molar-refractivity contribution >= 4 is 56.4 Å². The topological polar surface area (TPSA) is 38.4 Å². The van der Waals surface area contributed by atoms with E-state index in [0.29, 0.717) is 6.42 Å². The summed E-state index contributed by atoms with van der Waals surface area (Å²) in [7, 11) is 0. The van der Waals surface area contributed by atoms with Crippen LogP contribution in [0.1, 0.15) is 81.0 Å². The summed E-state index contributed by atoms with van der Waals surface area (Å²) in [5, 5.41) is 1.32. The summed E-state index contributed by atoms with van der Waals surface area (Å²) in [5.41, 5.74) is 18.8. The Balaban J connectivity index is 0.00000114. The number of allylic oxidation sites excluding steroid dienone is 12. The van der Waals surface area contributed by atoms with Crippen LogP contribution in [-0.4, -0.2) is 19.8 Å². The number of terminal acetylenes is 1. The molecular formula is C68H65N5. The maximum atomic E-state index is 5.62. The minimum atomic E-state index is 0.649. The average molecular weight is 952 g/mol. The van der Waals surface area contributed by atoms with E-state index in [1.165, 1.54) is 27.7 Å². The number of hydrogen-bond acceptors (Lipinski definition) is 3. The van der Waals surface area contributed by atoms with Crippen LogP contribution in [0.4, 0.5) is 11.4 Å². The number of imidazole rings is 1. The van der Waals surface area contributed by atoms with Crippen molar-refractivity contribution in [2.45, 2.75) is 66.8 Å². The molecular weight excluding hydrogens is 887 g/mol. The molecule has 0 atom stereocenters. The molecule has 0 fully saturated rings. The van der Waals surface area contributed by atoms with Crippen molar-refractivity contribution in [3.63, 3.8) is 0 Å². The summed E-state index contributed by atoms with van der Waals surface area (Å²) in [4.78, 5) is 13.0. The monoisotopic (exact) mass is 952 g/mol. The van der Waals surface area contributed by atoms with Crippen LogP contribution in [0.2, 0.25) is 0 Å². The van der Waals surface area contributed by atoms with Crippen molar-refractivity contribution in [2.24, 2.45) is 4.99 Å². The van der Waals surface area contributed by atoms with Gasteiger partial charge in [0, 0.05) is 57.9 Å². The predicted octanol–water partition coefficient (Wildman–Crippen LogP) is 17.7. The summed E-state index contributed by atoms with van der Waals surface area (Å²) in [6, 6.07) is 52.4. The van der Waals surface area contributed by atoms with Gasteiger partial charge in [0.25, 0.3) is 0 Å². The fourth-order valence-electron chi connectivity index (χ4n) is 9.79. The molecule has 5 nitrogen and oxygen atoms in total. The van der Waals surface area contributed by atoms with Crippen molar-refractivity contribution in [3.8, 4) is 29.9 Å². The highest BCUT2D eigenvalue weighted by Crippen LogP contribution is 2.38. The Morgan fingerprint density at radius 3 is 2.19 bits per heavy atom. The van der Waals surface area contributed by atoms with Crippen molar-refractivity contribution in [3.05, 3.63) is 258 Å². The molecule has 3 aliphatic rings. The molecule has 362 valence electrons. The molecule has 0 saturated heterocycles. The van der Waals surface area contributed by atoms with E-state index < -0.39 is 0 Å². The Hall–Kier alpha value is -8.72. The second-order valence-corrected chi connectivity index (χ2v) is 17.2. The molecule has 2 aliphatic heterocycles. The lowest BCUT2D eigenvalue weighted by Gasteiger charge is -2.28. The number of para-hydroxylation sites is 4. The standard InChI is InChI=1S/C62H51N5.2C2H6.C2H2/c1-3-4-5-17-40-65-61-33-16-12-29-56(61)64-62(65)47-36-34-45(35-37-47)48-38-39-55(49-23-18-25-51(41-49)66-44(2)20-7-6-8-21-46-22-9-13-30-58(46)66)63-57(43-48)50-24-19-26-52(42-50)67-59-31-14-10-27-53(59)54-28-11-15-32-60(54)67;3*1-2/h3-10,12-20,22-27,29-38,41-43H,2,11,21,28,39-40H2,1H3;2*1-2H3;1-2H/b4-3-,8-6-,17-5-,20-7-;;;. The predicted molar refractivity (Wildman–Crippen MR) is 316 cm³/mol. The SMILES string of the molecule is C#C.C=C1/C=C\C=C/Cc2ccccc2N1c1cccc(C2=NC(c3cccc(-n4c5c(c6ccccc64)CCC=C5)c3)=CC(c3ccc(-c4nc5ccccc5n4C/C=C\C=C/C)cc3)=CC2)c1.CC.CC. The van der Waals surface area contributed by atoms with Crippen LogP contribution in [0.15, 0.2) is 230 Å². The number of fused-ring (bicyclic) bond motifs is 5. The van der Waals surface area contributed by atoms with Crippen molar-refractivity contribution in [2.75, 3.05) is 4.90 Å². The Bertz CT molecular complexity index is 3510. The molecule has 1 aliphatic carbocycles. The van der Waals surface area contributed by atoms with Gasteiger partial charge in [-0.3, -0.25) is 4.99 Å². The first-order valence-electron chi connectivity index (χ1n) is 25.7. The van der Waals surface area contributed by atoms with Crippen LogP contribution in [-0.2, 0) is 19.4 Å². The molecule has 0 N–H and O–H groups in total. The third-order valence-corrected chi connectivity index (χ3v) is 13.0. The van der Waals surface area contributed by atoms with E-state index in [1.54, 1.807) is 0 Å². The first-order chi connectivity index (χ1) is 36.1. The minimum absolute atomic E-state index is 0.649. The average Bonchev–Trinajstić information content (AvgIpc) is 3.93. The van der Waals surface area contributed by atoms with Crippen LogP contribution in [0.3, 0.4) is 0 Å². The fraction of sp³-hybridized carbons (Fsp3) is 0.147. The number of rotatable bonds is 9. The molecule has 0 saturated carbocycles. The van der Waals surface area contributed by atoms with E-state index in [2.05, 4.69) is 246 Å². The van der Waals surface area contributed by atoms with Gasteiger partial charge in [-0.2, -0.15) is 0 Å². The molecule has 0 spiro atoms. The lowest BCUT2D eigenvalue weighted by Crippen LogP contribution is -2.16. The molecule has 0 unspecified atom stereocenters. The molecule has 4 heterocycles. The number of hydrogen-bond donors (Lipinski definition) is 0. The van der Waals surface area contributed by atoms with Gasteiger partial charge in [-0.25, -0.2) is 4.98 Å². The number of benzene rings is 6. The van der Waals surface area contributed by atoms with Gasteiger partial charge in [0.2, 0.25) is 0 Å². The molecule has 73 heavy (non-hydrogen) atoms. The van der Waals surface area contributed by atoms with E-state index in [-0.39, 0.29) is 0 Å². The summed E-state index contributed by atoms with van der Waals surface area (Å²) < 4.78 is 4.72. The number of aliphatic imine (C=N–C) groups is 1. The van der Waals surface area contributed by atoms with Crippen LogP contribution in [0, 0.1) is 12.8 Å². The largest absolute Gasteiger partial charge is 0.320 e. The van der Waals surface area contributed by atoms with Crippen molar-refractivity contribution < 1.29 is 0 Å². The van der Waals surface area contributed by atoms with Gasteiger partial charge in [-0.05, 0) is 121 Å². The van der Waals surface area contributed by atoms with Gasteiger partial charge in [0.15, 0.2) is 0 Å². The van der Waals surface area contributed by atoms with Gasteiger partial charge in [0.1, 0.15) is 5.82 Å². The van der Waals surface area contributed by atoms with Crippen LogP contribution < -0.4 is 4.90 Å². The molecule has 6 aromatic carbocycles. The fourth-order valence-corrected chi connectivity index (χ4v) is 9.79. The highest BCUT2D eigenvalue weighted by Gasteiger charge is 2.21. The first kappa shape index (κ1) is 50.7. The summed E-state index contributed by atoms with van der Waals surface area (Å²) in [6.45, 7) is 15.3. The van der Waals surface area contributed by atoms with E-state index >= 15 is 0 Å². The van der Waals surface area contributed by atoms with Crippen LogP contribution in [0.5, 0.6) is 0 Å². The maximum Gasteiger partial charge on any atom is 0.141 e. The Labute approximate surface area is 433 Å². The van der Waals surface area contributed by atoms with Gasteiger partial charge in [0.05, 0.1) is 28.0 Å². The zero-order valence-corrected chi connectivity index (χ0v) is 42.9. The molecule has 5 heteroatoms. The number of nitrogens with zero attached hydrogens (tertiary/aromatic N) is 5. The number of aryl methyl sites for hydroxylation is 1. The maximum absolute atomic E-state index is 5.62. The molecule has 0 radical (unpaired) electrons. The molecule has 0 amide bonds. The highest BCUT2D eigenvalue weighted by atomic mass is 15.1. The Kier molecular flexibility index (Phi) is 16.9. The van der Waals surface area contributed by atoms with Crippen molar-refractivity contribution in [1.82, 2.24) is 14.1 Å². The minimum Gasteiger partial charge on any atom is -0.320 e. The smallest absolute Gasteiger partial charge is 0.141 e. The third kappa shape index (κ3) is 10.8. The van der Waals surface area contributed by atoms with Gasteiger partial charge < -0.3 is 14.0 Å². The molecule has 0 bridgehead atoms.